The third kappa shape index (κ3) is 0.838. The van der Waals surface area contributed by atoms with Crippen LogP contribution in [0.25, 0.3) is 0 Å². The maximum absolute atomic E-state index is 10.9. The van der Waals surface area contributed by atoms with Crippen LogP contribution >= 0.6 is 0 Å². The molecule has 2 unspecified atom stereocenters. The van der Waals surface area contributed by atoms with Crippen molar-refractivity contribution < 1.29 is 4.79 Å². The van der Waals surface area contributed by atoms with Crippen molar-refractivity contribution in [3.63, 3.8) is 0 Å². The lowest BCUT2D eigenvalue weighted by molar-refractivity contribution is -0.127. The van der Waals surface area contributed by atoms with Crippen molar-refractivity contribution in [3.8, 4) is 0 Å². The molecule has 56 valence electrons. The van der Waals surface area contributed by atoms with Crippen molar-refractivity contribution in [1.82, 2.24) is 0 Å². The third-order valence-electron chi connectivity index (χ3n) is 2.53. The fourth-order valence-corrected chi connectivity index (χ4v) is 1.24. The van der Waals surface area contributed by atoms with Gasteiger partial charge in [-0.1, -0.05) is 19.1 Å². The van der Waals surface area contributed by atoms with E-state index in [1.807, 2.05) is 26.0 Å². The zero-order valence-corrected chi connectivity index (χ0v) is 6.42. The van der Waals surface area contributed by atoms with Gasteiger partial charge in [-0.15, -0.1) is 0 Å². The Balaban J connectivity index is 2.80. The van der Waals surface area contributed by atoms with E-state index in [4.69, 9.17) is 5.73 Å². The second kappa shape index (κ2) is 2.11. The van der Waals surface area contributed by atoms with Crippen LogP contribution in [0.15, 0.2) is 12.2 Å². The van der Waals surface area contributed by atoms with E-state index in [2.05, 4.69) is 0 Å². The molecule has 0 saturated carbocycles. The van der Waals surface area contributed by atoms with Gasteiger partial charge in [-0.25, -0.2) is 0 Å². The number of carbonyl (C=O) groups excluding carboxylic acids is 1. The molecule has 0 aromatic heterocycles. The first kappa shape index (κ1) is 7.32. The summed E-state index contributed by atoms with van der Waals surface area (Å²) in [5.41, 5.74) is 4.92. The van der Waals surface area contributed by atoms with Gasteiger partial charge < -0.3 is 5.73 Å². The zero-order valence-electron chi connectivity index (χ0n) is 6.42. The van der Waals surface area contributed by atoms with Gasteiger partial charge in [-0.3, -0.25) is 4.79 Å². The Morgan fingerprint density at radius 3 is 2.60 bits per heavy atom. The Morgan fingerprint density at radius 1 is 1.80 bits per heavy atom. The number of rotatable bonds is 1. The monoisotopic (exact) mass is 139 g/mol. The van der Waals surface area contributed by atoms with Crippen LogP contribution in [0, 0.1) is 11.3 Å². The number of hydrogen-bond donors (Lipinski definition) is 1. The minimum atomic E-state index is -0.319. The summed E-state index contributed by atoms with van der Waals surface area (Å²) in [4.78, 5) is 10.9. The summed E-state index contributed by atoms with van der Waals surface area (Å²) in [5.74, 6) is 0.106. The van der Waals surface area contributed by atoms with Crippen LogP contribution in [0.4, 0.5) is 0 Å². The lowest BCUT2D eigenvalue weighted by Gasteiger charge is -2.24. The molecular weight excluding hydrogens is 126 g/mol. The molecule has 10 heavy (non-hydrogen) atoms. The predicted octanol–water partition coefficient (Wildman–Crippen LogP) is 1.07. The van der Waals surface area contributed by atoms with Crippen LogP contribution in [0.1, 0.15) is 20.3 Å². The van der Waals surface area contributed by atoms with Crippen molar-refractivity contribution >= 4 is 5.91 Å². The molecule has 0 bridgehead atoms. The van der Waals surface area contributed by atoms with E-state index < -0.39 is 0 Å². The quantitative estimate of drug-likeness (QED) is 0.542. The third-order valence-corrected chi connectivity index (χ3v) is 2.53. The first-order chi connectivity index (χ1) is 4.57. The van der Waals surface area contributed by atoms with Gasteiger partial charge in [-0.2, -0.15) is 0 Å². The molecule has 0 radical (unpaired) electrons. The molecule has 2 nitrogen and oxygen atoms in total. The van der Waals surface area contributed by atoms with Crippen LogP contribution < -0.4 is 5.73 Å². The molecule has 0 saturated heterocycles. The molecule has 1 aliphatic rings. The van der Waals surface area contributed by atoms with E-state index in [0.29, 0.717) is 5.92 Å². The maximum atomic E-state index is 10.9. The van der Waals surface area contributed by atoms with Gasteiger partial charge >= 0.3 is 0 Å². The lowest BCUT2D eigenvalue weighted by atomic mass is 9.79. The highest BCUT2D eigenvalue weighted by Crippen LogP contribution is 2.37. The summed E-state index contributed by atoms with van der Waals surface area (Å²) < 4.78 is 0. The Kier molecular flexibility index (Phi) is 1.55. The molecule has 2 N–H and O–H groups in total. The summed E-state index contributed by atoms with van der Waals surface area (Å²) in [5, 5.41) is 0. The van der Waals surface area contributed by atoms with Crippen molar-refractivity contribution in [2.45, 2.75) is 20.3 Å². The molecule has 0 fully saturated rings. The van der Waals surface area contributed by atoms with Gasteiger partial charge in [-0.05, 0) is 19.3 Å². The van der Waals surface area contributed by atoms with Gasteiger partial charge in [0.05, 0.1) is 5.41 Å². The number of carbonyl (C=O) groups is 1. The Hall–Kier alpha value is -0.790. The van der Waals surface area contributed by atoms with Gasteiger partial charge in [0.1, 0.15) is 0 Å². The Bertz CT molecular complexity index is 186. The van der Waals surface area contributed by atoms with Gasteiger partial charge in [0.15, 0.2) is 0 Å². The highest BCUT2D eigenvalue weighted by molar-refractivity contribution is 5.81. The van der Waals surface area contributed by atoms with E-state index in [-0.39, 0.29) is 11.3 Å². The number of primary amides is 1. The van der Waals surface area contributed by atoms with Gasteiger partial charge in [0, 0.05) is 0 Å². The van der Waals surface area contributed by atoms with Crippen molar-refractivity contribution in [3.05, 3.63) is 12.2 Å². The SMILES string of the molecule is CC1C=CCC1(C)C(N)=O. The molecule has 0 aromatic carbocycles. The first-order valence-corrected chi connectivity index (χ1v) is 3.54. The largest absolute Gasteiger partial charge is 0.369 e. The minimum absolute atomic E-state index is 0.190. The van der Waals surface area contributed by atoms with Crippen LogP contribution in [0.5, 0.6) is 0 Å². The van der Waals surface area contributed by atoms with Crippen LogP contribution in [-0.2, 0) is 4.79 Å². The molecular formula is C8H13NO. The molecule has 1 rings (SSSR count). The summed E-state index contributed by atoms with van der Waals surface area (Å²) in [6, 6.07) is 0. The fourth-order valence-electron chi connectivity index (χ4n) is 1.24. The highest BCUT2D eigenvalue weighted by Gasteiger charge is 2.37. The second-order valence-electron chi connectivity index (χ2n) is 3.20. The smallest absolute Gasteiger partial charge is 0.224 e. The van der Waals surface area contributed by atoms with E-state index in [1.54, 1.807) is 0 Å². The predicted molar refractivity (Wildman–Crippen MR) is 40.2 cm³/mol. The van der Waals surface area contributed by atoms with Crippen molar-refractivity contribution in [2.24, 2.45) is 17.1 Å². The Morgan fingerprint density at radius 2 is 2.40 bits per heavy atom. The normalized spacial score (nSPS) is 38.4. The maximum Gasteiger partial charge on any atom is 0.224 e. The van der Waals surface area contributed by atoms with Gasteiger partial charge in [0.2, 0.25) is 5.91 Å². The minimum Gasteiger partial charge on any atom is -0.369 e. The second-order valence-corrected chi connectivity index (χ2v) is 3.20. The average Bonchev–Trinajstić information content (AvgIpc) is 2.15. The van der Waals surface area contributed by atoms with E-state index in [1.165, 1.54) is 0 Å². The van der Waals surface area contributed by atoms with Crippen molar-refractivity contribution in [2.75, 3.05) is 0 Å². The zero-order chi connectivity index (χ0) is 7.78. The molecule has 0 aliphatic heterocycles. The van der Waals surface area contributed by atoms with Crippen LogP contribution in [-0.4, -0.2) is 5.91 Å². The average molecular weight is 139 g/mol. The first-order valence-electron chi connectivity index (χ1n) is 3.54. The molecule has 0 spiro atoms. The number of nitrogens with two attached hydrogens (primary N) is 1. The van der Waals surface area contributed by atoms with E-state index in [9.17, 15) is 4.79 Å². The summed E-state index contributed by atoms with van der Waals surface area (Å²) in [7, 11) is 0. The van der Waals surface area contributed by atoms with Crippen LogP contribution in [0.2, 0.25) is 0 Å². The lowest BCUT2D eigenvalue weighted by Crippen LogP contribution is -2.36. The molecule has 2 atom stereocenters. The standard InChI is InChI=1S/C8H13NO/c1-6-4-3-5-8(6,2)7(9)10/h3-4,6H,5H2,1-2H3,(H2,9,10). The van der Waals surface area contributed by atoms with E-state index in [0.717, 1.165) is 6.42 Å². The van der Waals surface area contributed by atoms with Crippen molar-refractivity contribution in [1.29, 1.82) is 0 Å². The number of allylic oxidation sites excluding steroid dienone is 2. The van der Waals surface area contributed by atoms with Crippen LogP contribution in [0.3, 0.4) is 0 Å². The van der Waals surface area contributed by atoms with Gasteiger partial charge in [0.25, 0.3) is 0 Å². The summed E-state index contributed by atoms with van der Waals surface area (Å²) in [6.45, 7) is 3.94. The topological polar surface area (TPSA) is 43.1 Å². The summed E-state index contributed by atoms with van der Waals surface area (Å²) >= 11 is 0. The molecule has 1 amide bonds. The molecule has 1 aliphatic carbocycles. The Labute approximate surface area is 61.1 Å². The molecule has 0 aromatic rings. The highest BCUT2D eigenvalue weighted by atomic mass is 16.1. The van der Waals surface area contributed by atoms with E-state index >= 15 is 0 Å². The molecule has 2 heteroatoms. The number of amides is 1. The summed E-state index contributed by atoms with van der Waals surface area (Å²) in [6.07, 6.45) is 4.86. The number of hydrogen-bond acceptors (Lipinski definition) is 1. The molecule has 0 heterocycles. The fraction of sp³-hybridized carbons (Fsp3) is 0.625.